The molecule has 2 unspecified atom stereocenters. The molecule has 2 atom stereocenters. The average molecular weight is 414 g/mol. The van der Waals surface area contributed by atoms with Crippen molar-refractivity contribution >= 4 is 11.7 Å². The lowest BCUT2D eigenvalue weighted by molar-refractivity contribution is 0.1000. The number of amides is 1. The lowest BCUT2D eigenvalue weighted by Crippen LogP contribution is -2.40. The second-order valence-corrected chi connectivity index (χ2v) is 8.65. The summed E-state index contributed by atoms with van der Waals surface area (Å²) in [5, 5.41) is 3.85. The molecule has 158 valence electrons. The van der Waals surface area contributed by atoms with E-state index in [1.165, 1.54) is 30.1 Å². The number of aromatic nitrogens is 2. The molecule has 0 radical (unpaired) electrons. The normalized spacial score (nSPS) is 21.8. The van der Waals surface area contributed by atoms with Gasteiger partial charge < -0.3 is 16.0 Å². The first kappa shape index (κ1) is 19.7. The molecular formula is C25H27N5O. The zero-order chi connectivity index (χ0) is 21.3. The minimum atomic E-state index is -0.480. The average Bonchev–Trinajstić information content (AvgIpc) is 3.37. The van der Waals surface area contributed by atoms with Crippen LogP contribution in [0, 0.1) is 5.92 Å². The third kappa shape index (κ3) is 3.91. The molecule has 0 bridgehead atoms. The molecule has 3 aromatic rings. The molecule has 6 nitrogen and oxygen atoms in total. The summed E-state index contributed by atoms with van der Waals surface area (Å²) in [6.45, 7) is 2.67. The minimum absolute atomic E-state index is 0.109. The highest BCUT2D eigenvalue weighted by molar-refractivity contribution is 5.97. The molecule has 5 rings (SSSR count). The van der Waals surface area contributed by atoms with Crippen molar-refractivity contribution in [1.82, 2.24) is 15.3 Å². The van der Waals surface area contributed by atoms with Gasteiger partial charge in [0.2, 0.25) is 0 Å². The predicted molar refractivity (Wildman–Crippen MR) is 121 cm³/mol. The van der Waals surface area contributed by atoms with E-state index in [0.717, 1.165) is 26.1 Å². The van der Waals surface area contributed by atoms with Crippen LogP contribution < -0.4 is 16.0 Å². The number of carbonyl (C=O) groups excluding carboxylic acids is 1. The summed E-state index contributed by atoms with van der Waals surface area (Å²) in [6.07, 6.45) is 5.19. The molecule has 1 saturated carbocycles. The molecule has 2 aromatic carbocycles. The molecule has 6 heteroatoms. The number of fused-ring (bicyclic) bond motifs is 1. The van der Waals surface area contributed by atoms with E-state index in [0.29, 0.717) is 23.2 Å². The molecule has 1 aliphatic heterocycles. The molecule has 1 aromatic heterocycles. The smallest absolute Gasteiger partial charge is 0.254 e. The Bertz CT molecular complexity index is 1020. The van der Waals surface area contributed by atoms with Crippen LogP contribution in [0.2, 0.25) is 0 Å². The van der Waals surface area contributed by atoms with Gasteiger partial charge in [-0.3, -0.25) is 4.79 Å². The van der Waals surface area contributed by atoms with Crippen LogP contribution in [0.1, 0.15) is 40.2 Å². The van der Waals surface area contributed by atoms with Gasteiger partial charge in [-0.25, -0.2) is 9.97 Å². The van der Waals surface area contributed by atoms with Crippen molar-refractivity contribution in [2.24, 2.45) is 11.7 Å². The number of carbonyl (C=O) groups is 1. The van der Waals surface area contributed by atoms with E-state index in [4.69, 9.17) is 5.73 Å². The zero-order valence-electron chi connectivity index (χ0n) is 17.4. The fraction of sp³-hybridized carbons (Fsp3) is 0.320. The van der Waals surface area contributed by atoms with E-state index in [1.54, 1.807) is 0 Å². The topological polar surface area (TPSA) is 84.1 Å². The van der Waals surface area contributed by atoms with Gasteiger partial charge in [0.1, 0.15) is 12.1 Å². The van der Waals surface area contributed by atoms with E-state index in [2.05, 4.69) is 80.8 Å². The molecule has 2 heterocycles. The number of nitrogens with zero attached hydrogens (tertiary/aromatic N) is 3. The molecular weight excluding hydrogens is 386 g/mol. The van der Waals surface area contributed by atoms with Crippen LogP contribution in [0.15, 0.2) is 73.2 Å². The second-order valence-electron chi connectivity index (χ2n) is 8.65. The molecule has 1 aliphatic carbocycles. The Kier molecular flexibility index (Phi) is 5.16. The van der Waals surface area contributed by atoms with Crippen molar-refractivity contribution in [2.45, 2.75) is 24.3 Å². The summed E-state index contributed by atoms with van der Waals surface area (Å²) in [6, 6.07) is 21.4. The highest BCUT2D eigenvalue weighted by Gasteiger charge is 2.60. The largest absolute Gasteiger partial charge is 0.365 e. The molecule has 2 fully saturated rings. The van der Waals surface area contributed by atoms with E-state index in [9.17, 15) is 4.79 Å². The summed E-state index contributed by atoms with van der Waals surface area (Å²) in [7, 11) is 0. The third-order valence-electron chi connectivity index (χ3n) is 6.72. The molecule has 3 N–H and O–H groups in total. The van der Waals surface area contributed by atoms with Crippen LogP contribution in [0.25, 0.3) is 0 Å². The van der Waals surface area contributed by atoms with Crippen LogP contribution in [-0.4, -0.2) is 41.0 Å². The fourth-order valence-electron chi connectivity index (χ4n) is 5.03. The van der Waals surface area contributed by atoms with Gasteiger partial charge in [0.05, 0.1) is 5.56 Å². The summed E-state index contributed by atoms with van der Waals surface area (Å²) in [5.41, 5.74) is 8.72. The first-order valence-corrected chi connectivity index (χ1v) is 10.9. The zero-order valence-corrected chi connectivity index (χ0v) is 17.4. The van der Waals surface area contributed by atoms with Crippen LogP contribution in [0.5, 0.6) is 0 Å². The van der Waals surface area contributed by atoms with E-state index < -0.39 is 5.91 Å². The molecule has 1 amide bonds. The van der Waals surface area contributed by atoms with Crippen molar-refractivity contribution < 1.29 is 4.79 Å². The number of nitrogens with two attached hydrogens (primary N) is 1. The lowest BCUT2D eigenvalue weighted by atomic mass is 9.88. The van der Waals surface area contributed by atoms with Gasteiger partial charge in [0.25, 0.3) is 5.91 Å². The first-order chi connectivity index (χ1) is 15.2. The Hall–Kier alpha value is -3.25. The van der Waals surface area contributed by atoms with Gasteiger partial charge in [0.15, 0.2) is 0 Å². The monoisotopic (exact) mass is 413 g/mol. The molecule has 2 aliphatic rings. The maximum absolute atomic E-state index is 11.8. The van der Waals surface area contributed by atoms with Gasteiger partial charge in [-0.05, 0) is 36.4 Å². The van der Waals surface area contributed by atoms with Gasteiger partial charge in [-0.1, -0.05) is 60.7 Å². The Morgan fingerprint density at radius 1 is 1.13 bits per heavy atom. The minimum Gasteiger partial charge on any atom is -0.365 e. The van der Waals surface area contributed by atoms with Crippen molar-refractivity contribution in [2.75, 3.05) is 24.5 Å². The van der Waals surface area contributed by atoms with Crippen LogP contribution >= 0.6 is 0 Å². The van der Waals surface area contributed by atoms with Crippen LogP contribution in [0.3, 0.4) is 0 Å². The number of nitrogens with one attached hydrogen (secondary N) is 1. The lowest BCUT2D eigenvalue weighted by Gasteiger charge is -2.25. The Balaban J connectivity index is 1.26. The van der Waals surface area contributed by atoms with Crippen LogP contribution in [-0.2, 0) is 0 Å². The number of rotatable bonds is 8. The number of anilines is 1. The summed E-state index contributed by atoms with van der Waals surface area (Å²) in [4.78, 5) is 22.2. The second kappa shape index (κ2) is 8.12. The Morgan fingerprint density at radius 3 is 2.45 bits per heavy atom. The van der Waals surface area contributed by atoms with Crippen molar-refractivity contribution in [3.63, 3.8) is 0 Å². The maximum atomic E-state index is 11.8. The number of primary amides is 1. The van der Waals surface area contributed by atoms with Crippen molar-refractivity contribution in [3.8, 4) is 0 Å². The summed E-state index contributed by atoms with van der Waals surface area (Å²) in [5.74, 6) is 1.12. The Labute approximate surface area is 182 Å². The van der Waals surface area contributed by atoms with Gasteiger partial charge in [0, 0.05) is 30.7 Å². The number of hydrogen-bond donors (Lipinski definition) is 2. The molecule has 1 saturated heterocycles. The predicted octanol–water partition coefficient (Wildman–Crippen LogP) is 2.97. The summed E-state index contributed by atoms with van der Waals surface area (Å²) < 4.78 is 0. The standard InChI is InChI=1S/C25H27N5O/c26-23(31)22-14-27-17-28-24(22)30-15-20-13-25(20,16-30)29-12-11-21(18-7-3-1-4-8-18)19-9-5-2-6-10-19/h1-10,14,17,20-21,29H,11-13,15-16H2,(H2,26,31). The van der Waals surface area contributed by atoms with Gasteiger partial charge in [-0.2, -0.15) is 0 Å². The third-order valence-corrected chi connectivity index (χ3v) is 6.72. The van der Waals surface area contributed by atoms with E-state index in [-0.39, 0.29) is 5.54 Å². The number of benzene rings is 2. The van der Waals surface area contributed by atoms with E-state index in [1.807, 2.05) is 0 Å². The van der Waals surface area contributed by atoms with Gasteiger partial charge in [-0.15, -0.1) is 0 Å². The number of piperidine rings is 1. The van der Waals surface area contributed by atoms with Crippen molar-refractivity contribution in [1.29, 1.82) is 0 Å². The van der Waals surface area contributed by atoms with Gasteiger partial charge >= 0.3 is 0 Å². The summed E-state index contributed by atoms with van der Waals surface area (Å²) >= 11 is 0. The van der Waals surface area contributed by atoms with Crippen LogP contribution in [0.4, 0.5) is 5.82 Å². The van der Waals surface area contributed by atoms with E-state index >= 15 is 0 Å². The molecule has 31 heavy (non-hydrogen) atoms. The maximum Gasteiger partial charge on any atom is 0.254 e. The Morgan fingerprint density at radius 2 is 1.81 bits per heavy atom. The quantitative estimate of drug-likeness (QED) is 0.593. The van der Waals surface area contributed by atoms with Crippen molar-refractivity contribution in [3.05, 3.63) is 89.9 Å². The SMILES string of the molecule is NC(=O)c1cncnc1N1CC2CC2(NCCC(c2ccccc2)c2ccccc2)C1. The first-order valence-electron chi connectivity index (χ1n) is 10.9. The fourth-order valence-corrected chi connectivity index (χ4v) is 5.03. The highest BCUT2D eigenvalue weighted by atomic mass is 16.1. The number of hydrogen-bond acceptors (Lipinski definition) is 5. The highest BCUT2D eigenvalue weighted by Crippen LogP contribution is 2.50. The molecule has 0 spiro atoms.